The van der Waals surface area contributed by atoms with Crippen LogP contribution in [0.25, 0.3) is 21.5 Å². The maximum absolute atomic E-state index is 12.4. The zero-order valence-electron chi connectivity index (χ0n) is 13.0. The molecule has 0 bridgehead atoms. The van der Waals surface area contributed by atoms with Gasteiger partial charge in [-0.3, -0.25) is 4.79 Å². The van der Waals surface area contributed by atoms with Crippen LogP contribution in [0.2, 0.25) is 0 Å². The maximum Gasteiger partial charge on any atom is 0.255 e. The third-order valence-electron chi connectivity index (χ3n) is 4.20. The Labute approximate surface area is 139 Å². The van der Waals surface area contributed by atoms with E-state index in [-0.39, 0.29) is 5.91 Å². The van der Waals surface area contributed by atoms with Crippen LogP contribution in [0.1, 0.15) is 10.4 Å². The van der Waals surface area contributed by atoms with Crippen molar-refractivity contribution in [3.05, 3.63) is 84.4 Å². The summed E-state index contributed by atoms with van der Waals surface area (Å²) in [5, 5.41) is 7.14. The average Bonchev–Trinajstić information content (AvgIpc) is 2.62. The first-order valence-corrected chi connectivity index (χ1v) is 7.80. The Morgan fingerprint density at radius 2 is 1.42 bits per heavy atom. The molecule has 4 aromatic rings. The molecule has 0 unspecified atom stereocenters. The normalized spacial score (nSPS) is 10.8. The van der Waals surface area contributed by atoms with E-state index in [4.69, 9.17) is 5.73 Å². The Hall–Kier alpha value is -3.33. The van der Waals surface area contributed by atoms with Crippen molar-refractivity contribution in [1.82, 2.24) is 0 Å². The molecule has 3 N–H and O–H groups in total. The van der Waals surface area contributed by atoms with E-state index in [0.717, 1.165) is 32.9 Å². The minimum Gasteiger partial charge on any atom is -0.398 e. The SMILES string of the molecule is Nc1cccc2cc3c(NC(=O)c4ccccc4)cccc3cc12. The molecular formula is C21H16N2O. The van der Waals surface area contributed by atoms with Crippen LogP contribution in [0.3, 0.4) is 0 Å². The summed E-state index contributed by atoms with van der Waals surface area (Å²) in [5.74, 6) is -0.115. The third kappa shape index (κ3) is 2.46. The smallest absolute Gasteiger partial charge is 0.255 e. The van der Waals surface area contributed by atoms with E-state index >= 15 is 0 Å². The largest absolute Gasteiger partial charge is 0.398 e. The van der Waals surface area contributed by atoms with Gasteiger partial charge in [0.25, 0.3) is 5.91 Å². The number of nitrogen functional groups attached to an aromatic ring is 1. The highest BCUT2D eigenvalue weighted by Gasteiger charge is 2.09. The summed E-state index contributed by atoms with van der Waals surface area (Å²) in [7, 11) is 0. The lowest BCUT2D eigenvalue weighted by Gasteiger charge is -2.11. The minimum atomic E-state index is -0.115. The van der Waals surface area contributed by atoms with Crippen LogP contribution >= 0.6 is 0 Å². The molecule has 0 fully saturated rings. The van der Waals surface area contributed by atoms with Crippen LogP contribution in [0.5, 0.6) is 0 Å². The predicted octanol–water partition coefficient (Wildman–Crippen LogP) is 4.83. The number of anilines is 2. The lowest BCUT2D eigenvalue weighted by Crippen LogP contribution is -2.11. The van der Waals surface area contributed by atoms with Gasteiger partial charge in [-0.2, -0.15) is 0 Å². The summed E-state index contributed by atoms with van der Waals surface area (Å²) in [6.07, 6.45) is 0. The number of rotatable bonds is 2. The summed E-state index contributed by atoms with van der Waals surface area (Å²) in [5.41, 5.74) is 8.27. The molecule has 0 saturated carbocycles. The van der Waals surface area contributed by atoms with Crippen molar-refractivity contribution >= 4 is 38.8 Å². The Balaban J connectivity index is 1.82. The zero-order valence-corrected chi connectivity index (χ0v) is 13.0. The van der Waals surface area contributed by atoms with Crippen molar-refractivity contribution in [2.45, 2.75) is 0 Å². The average molecular weight is 312 g/mol. The molecule has 0 aliphatic rings. The molecule has 0 aromatic heterocycles. The Morgan fingerprint density at radius 3 is 2.21 bits per heavy atom. The van der Waals surface area contributed by atoms with Crippen LogP contribution in [-0.4, -0.2) is 5.91 Å². The second-order valence-electron chi connectivity index (χ2n) is 5.77. The van der Waals surface area contributed by atoms with Crippen LogP contribution in [0, 0.1) is 0 Å². The van der Waals surface area contributed by atoms with E-state index in [1.165, 1.54) is 0 Å². The minimum absolute atomic E-state index is 0.115. The van der Waals surface area contributed by atoms with E-state index in [0.29, 0.717) is 5.56 Å². The number of nitrogens with one attached hydrogen (secondary N) is 1. The Kier molecular flexibility index (Phi) is 3.39. The number of nitrogens with two attached hydrogens (primary N) is 1. The zero-order chi connectivity index (χ0) is 16.5. The van der Waals surface area contributed by atoms with Crippen molar-refractivity contribution < 1.29 is 4.79 Å². The topological polar surface area (TPSA) is 55.1 Å². The van der Waals surface area contributed by atoms with Crippen molar-refractivity contribution in [3.8, 4) is 0 Å². The molecule has 0 aliphatic heterocycles. The summed E-state index contributed by atoms with van der Waals surface area (Å²) in [6, 6.07) is 25.1. The van der Waals surface area contributed by atoms with Gasteiger partial charge in [0.2, 0.25) is 0 Å². The third-order valence-corrected chi connectivity index (χ3v) is 4.20. The number of benzene rings is 4. The van der Waals surface area contributed by atoms with Crippen LogP contribution < -0.4 is 11.1 Å². The lowest BCUT2D eigenvalue weighted by atomic mass is 10.0. The quantitative estimate of drug-likeness (QED) is 0.411. The highest BCUT2D eigenvalue weighted by atomic mass is 16.1. The molecule has 0 aliphatic carbocycles. The molecule has 3 heteroatoms. The molecular weight excluding hydrogens is 296 g/mol. The second-order valence-corrected chi connectivity index (χ2v) is 5.77. The highest BCUT2D eigenvalue weighted by Crippen LogP contribution is 2.31. The highest BCUT2D eigenvalue weighted by molar-refractivity contribution is 6.12. The standard InChI is InChI=1S/C21H16N2O/c22-19-10-4-8-15-13-18-16(12-17(15)19)9-5-11-20(18)23-21(24)14-6-2-1-3-7-14/h1-13H,22H2,(H,23,24). The van der Waals surface area contributed by atoms with Gasteiger partial charge in [-0.05, 0) is 47.2 Å². The molecule has 3 nitrogen and oxygen atoms in total. The number of carbonyl (C=O) groups excluding carboxylic acids is 1. The van der Waals surface area contributed by atoms with Gasteiger partial charge in [-0.15, -0.1) is 0 Å². The van der Waals surface area contributed by atoms with Crippen molar-refractivity contribution in [2.75, 3.05) is 11.1 Å². The van der Waals surface area contributed by atoms with Gasteiger partial charge in [-0.25, -0.2) is 0 Å². The Bertz CT molecular complexity index is 1060. The molecule has 4 aromatic carbocycles. The lowest BCUT2D eigenvalue weighted by molar-refractivity contribution is 0.102. The van der Waals surface area contributed by atoms with E-state index in [1.807, 2.05) is 54.6 Å². The monoisotopic (exact) mass is 312 g/mol. The van der Waals surface area contributed by atoms with Crippen molar-refractivity contribution in [1.29, 1.82) is 0 Å². The fraction of sp³-hybridized carbons (Fsp3) is 0. The van der Waals surface area contributed by atoms with Crippen LogP contribution in [-0.2, 0) is 0 Å². The van der Waals surface area contributed by atoms with Gasteiger partial charge in [-0.1, -0.05) is 42.5 Å². The molecule has 1 amide bonds. The second kappa shape index (κ2) is 5.70. The van der Waals surface area contributed by atoms with Crippen LogP contribution in [0.4, 0.5) is 11.4 Å². The fourth-order valence-electron chi connectivity index (χ4n) is 2.97. The van der Waals surface area contributed by atoms with Gasteiger partial charge in [0, 0.05) is 27.7 Å². The van der Waals surface area contributed by atoms with Gasteiger partial charge in [0.05, 0.1) is 0 Å². The molecule has 4 rings (SSSR count). The Morgan fingerprint density at radius 1 is 0.750 bits per heavy atom. The molecule has 0 saturated heterocycles. The van der Waals surface area contributed by atoms with Crippen LogP contribution in [0.15, 0.2) is 78.9 Å². The molecule has 0 radical (unpaired) electrons. The summed E-state index contributed by atoms with van der Waals surface area (Å²) < 4.78 is 0. The first kappa shape index (κ1) is 14.3. The summed E-state index contributed by atoms with van der Waals surface area (Å²) >= 11 is 0. The number of hydrogen-bond acceptors (Lipinski definition) is 2. The molecule has 116 valence electrons. The van der Waals surface area contributed by atoms with Crippen molar-refractivity contribution in [3.63, 3.8) is 0 Å². The number of hydrogen-bond donors (Lipinski definition) is 2. The molecule has 0 heterocycles. The molecule has 0 spiro atoms. The first-order valence-electron chi connectivity index (χ1n) is 7.80. The van der Waals surface area contributed by atoms with Crippen molar-refractivity contribution in [2.24, 2.45) is 0 Å². The fourth-order valence-corrected chi connectivity index (χ4v) is 2.97. The molecule has 0 atom stereocenters. The predicted molar refractivity (Wildman–Crippen MR) is 100 cm³/mol. The van der Waals surface area contributed by atoms with E-state index < -0.39 is 0 Å². The van der Waals surface area contributed by atoms with Gasteiger partial charge >= 0.3 is 0 Å². The molecule has 24 heavy (non-hydrogen) atoms. The van der Waals surface area contributed by atoms with Gasteiger partial charge in [0.1, 0.15) is 0 Å². The van der Waals surface area contributed by atoms with Gasteiger partial charge in [0.15, 0.2) is 0 Å². The van der Waals surface area contributed by atoms with E-state index in [1.54, 1.807) is 12.1 Å². The number of fused-ring (bicyclic) bond motifs is 2. The van der Waals surface area contributed by atoms with E-state index in [2.05, 4.69) is 17.4 Å². The summed E-state index contributed by atoms with van der Waals surface area (Å²) in [4.78, 5) is 12.4. The van der Waals surface area contributed by atoms with Gasteiger partial charge < -0.3 is 11.1 Å². The number of amides is 1. The first-order chi connectivity index (χ1) is 11.7. The number of carbonyl (C=O) groups is 1. The summed E-state index contributed by atoms with van der Waals surface area (Å²) in [6.45, 7) is 0. The maximum atomic E-state index is 12.4. The van der Waals surface area contributed by atoms with E-state index in [9.17, 15) is 4.79 Å².